The number of rotatable bonds is 6. The first-order valence-electron chi connectivity index (χ1n) is 9.39. The number of piperazine rings is 1. The second kappa shape index (κ2) is 9.46. The number of thiocarbonyl (C=S) groups is 1. The van der Waals surface area contributed by atoms with E-state index in [1.165, 1.54) is 23.4 Å². The third-order valence-corrected chi connectivity index (χ3v) is 6.87. The maximum Gasteiger partial charge on any atom is 0.414 e. The van der Waals surface area contributed by atoms with Gasteiger partial charge < -0.3 is 19.7 Å². The molecule has 2 N–H and O–H groups in total. The third kappa shape index (κ3) is 5.14. The van der Waals surface area contributed by atoms with Gasteiger partial charge in [0.25, 0.3) is 15.4 Å². The molecule has 0 aromatic heterocycles. The van der Waals surface area contributed by atoms with Crippen molar-refractivity contribution in [2.24, 2.45) is 0 Å². The number of hydrogen-bond acceptors (Lipinski definition) is 7. The van der Waals surface area contributed by atoms with Crippen molar-refractivity contribution in [3.05, 3.63) is 23.8 Å². The summed E-state index contributed by atoms with van der Waals surface area (Å²) in [6, 6.07) is 2.12. The van der Waals surface area contributed by atoms with Crippen LogP contribution in [0.25, 0.3) is 0 Å². The van der Waals surface area contributed by atoms with Gasteiger partial charge in [-0.3, -0.25) is 4.90 Å². The summed E-state index contributed by atoms with van der Waals surface area (Å²) < 4.78 is 66.8. The van der Waals surface area contributed by atoms with Crippen LogP contribution in [0.2, 0.25) is 0 Å². The van der Waals surface area contributed by atoms with Crippen LogP contribution in [0.1, 0.15) is 0 Å². The Morgan fingerprint density at radius 2 is 1.87 bits per heavy atom. The molecule has 2 saturated heterocycles. The van der Waals surface area contributed by atoms with Crippen molar-refractivity contribution in [1.82, 2.24) is 14.3 Å². The monoisotopic (exact) mass is 479 g/mol. The van der Waals surface area contributed by atoms with E-state index in [9.17, 15) is 22.0 Å². The average molecular weight is 480 g/mol. The van der Waals surface area contributed by atoms with Crippen molar-refractivity contribution in [1.29, 1.82) is 0 Å². The lowest BCUT2D eigenvalue weighted by atomic mass is 10.2. The van der Waals surface area contributed by atoms with Gasteiger partial charge in [-0.05, 0) is 12.2 Å². The van der Waals surface area contributed by atoms with Gasteiger partial charge in [-0.1, -0.05) is 0 Å². The van der Waals surface area contributed by atoms with Crippen LogP contribution in [-0.4, -0.2) is 83.5 Å². The minimum Gasteiger partial charge on any atom is -0.474 e. The molecule has 3 rings (SSSR count). The van der Waals surface area contributed by atoms with E-state index in [0.29, 0.717) is 0 Å². The van der Waals surface area contributed by atoms with Gasteiger partial charge in [-0.15, -0.1) is 0 Å². The van der Waals surface area contributed by atoms with Gasteiger partial charge in [0, 0.05) is 45.4 Å². The van der Waals surface area contributed by atoms with E-state index < -0.39 is 34.0 Å². The predicted molar refractivity (Wildman–Crippen MR) is 113 cm³/mol. The van der Waals surface area contributed by atoms with Crippen LogP contribution in [0.15, 0.2) is 12.1 Å². The van der Waals surface area contributed by atoms with Gasteiger partial charge in [-0.25, -0.2) is 18.3 Å². The second-order valence-electron chi connectivity index (χ2n) is 6.84. The average Bonchev–Trinajstić information content (AvgIpc) is 3.12. The van der Waals surface area contributed by atoms with E-state index >= 15 is 0 Å². The number of carbonyl (C=O) groups is 1. The first-order chi connectivity index (χ1) is 14.7. The molecule has 172 valence electrons. The zero-order chi connectivity index (χ0) is 22.8. The van der Waals surface area contributed by atoms with E-state index in [0.717, 1.165) is 17.0 Å². The number of ether oxygens (including phenoxy) is 2. The van der Waals surface area contributed by atoms with Crippen molar-refractivity contribution in [2.45, 2.75) is 6.10 Å². The molecule has 0 radical (unpaired) electrons. The van der Waals surface area contributed by atoms with E-state index in [2.05, 4.69) is 10.0 Å². The number of methoxy groups -OCH3 is 1. The summed E-state index contributed by atoms with van der Waals surface area (Å²) in [6.07, 6.45) is -1.30. The quantitative estimate of drug-likeness (QED) is 0.566. The highest BCUT2D eigenvalue weighted by atomic mass is 32.2. The summed E-state index contributed by atoms with van der Waals surface area (Å²) in [6.45, 7) is 0.676. The van der Waals surface area contributed by atoms with Crippen LogP contribution in [0.4, 0.5) is 25.0 Å². The highest BCUT2D eigenvalue weighted by Crippen LogP contribution is 2.31. The smallest absolute Gasteiger partial charge is 0.414 e. The van der Waals surface area contributed by atoms with E-state index in [1.54, 1.807) is 0 Å². The number of benzene rings is 1. The molecule has 0 unspecified atom stereocenters. The standard InChI is InChI=1S/C17H23F2N5O5S2/c1-20-31(26,27)23-5-3-22(4-6-23)15-13(18)7-11(8-14(15)19)24-10-12(29-17(24)25)9-21-16(30)28-2/h7-8,12,20H,3-6,9-10H2,1-2H3,(H,21,30)/t12-/m0/s1. The number of amides is 1. The SMILES string of the molecule is CNS(=O)(=O)N1CCN(c2c(F)cc(N3C[C@H](CNC(=S)OC)OC3=O)cc2F)CC1. The van der Waals surface area contributed by atoms with Crippen LogP contribution in [0.5, 0.6) is 0 Å². The number of nitrogens with one attached hydrogen (secondary N) is 2. The highest BCUT2D eigenvalue weighted by molar-refractivity contribution is 7.87. The van der Waals surface area contributed by atoms with Crippen LogP contribution in [0, 0.1) is 11.6 Å². The summed E-state index contributed by atoms with van der Waals surface area (Å²) in [7, 11) is -0.899. The first-order valence-corrected chi connectivity index (χ1v) is 11.2. The fourth-order valence-electron chi connectivity index (χ4n) is 3.40. The molecule has 1 aromatic rings. The largest absolute Gasteiger partial charge is 0.474 e. The molecule has 0 spiro atoms. The molecular formula is C17H23F2N5O5S2. The minimum absolute atomic E-state index is 0.0250. The molecule has 0 aliphatic carbocycles. The van der Waals surface area contributed by atoms with Crippen LogP contribution in [-0.2, 0) is 19.7 Å². The third-order valence-electron chi connectivity index (χ3n) is 5.00. The minimum atomic E-state index is -3.60. The molecule has 0 saturated carbocycles. The fourth-order valence-corrected chi connectivity index (χ4v) is 4.38. The van der Waals surface area contributed by atoms with Crippen molar-refractivity contribution < 1.29 is 31.5 Å². The number of carbonyl (C=O) groups excluding carboxylic acids is 1. The molecule has 10 nitrogen and oxygen atoms in total. The summed E-state index contributed by atoms with van der Waals surface area (Å²) in [5.74, 6) is -1.70. The lowest BCUT2D eigenvalue weighted by Gasteiger charge is -2.35. The van der Waals surface area contributed by atoms with E-state index in [1.807, 2.05) is 0 Å². The molecule has 1 amide bonds. The Morgan fingerprint density at radius 3 is 2.42 bits per heavy atom. The Kier molecular flexibility index (Phi) is 7.13. The number of nitrogens with zero attached hydrogens (tertiary/aromatic N) is 3. The molecular weight excluding hydrogens is 456 g/mol. The Bertz CT molecular complexity index is 933. The molecule has 31 heavy (non-hydrogen) atoms. The molecule has 0 bridgehead atoms. The Labute approximate surface area is 184 Å². The predicted octanol–water partition coefficient (Wildman–Crippen LogP) is 0.397. The molecule has 14 heteroatoms. The number of hydrogen-bond donors (Lipinski definition) is 2. The Balaban J connectivity index is 1.70. The molecule has 1 atom stereocenters. The lowest BCUT2D eigenvalue weighted by molar-refractivity contribution is 0.142. The van der Waals surface area contributed by atoms with Crippen molar-refractivity contribution in [3.8, 4) is 0 Å². The van der Waals surface area contributed by atoms with Crippen LogP contribution >= 0.6 is 12.2 Å². The van der Waals surface area contributed by atoms with Crippen LogP contribution in [0.3, 0.4) is 0 Å². The van der Waals surface area contributed by atoms with Crippen LogP contribution < -0.4 is 19.8 Å². The first kappa shape index (κ1) is 23.4. The lowest BCUT2D eigenvalue weighted by Crippen LogP contribution is -2.51. The Hall–Kier alpha value is -2.29. The molecule has 2 aliphatic rings. The van der Waals surface area contributed by atoms with Gasteiger partial charge in [0.05, 0.1) is 25.9 Å². The van der Waals surface area contributed by atoms with Gasteiger partial charge in [0.2, 0.25) is 0 Å². The van der Waals surface area contributed by atoms with Gasteiger partial charge in [-0.2, -0.15) is 12.7 Å². The maximum absolute atomic E-state index is 14.8. The zero-order valence-corrected chi connectivity index (χ0v) is 18.6. The summed E-state index contributed by atoms with van der Waals surface area (Å²) >= 11 is 4.86. The molecule has 2 heterocycles. The molecule has 2 aliphatic heterocycles. The fraction of sp³-hybridized carbons (Fsp3) is 0.529. The van der Waals surface area contributed by atoms with E-state index in [-0.39, 0.29) is 55.8 Å². The summed E-state index contributed by atoms with van der Waals surface area (Å²) in [5, 5.41) is 2.90. The Morgan fingerprint density at radius 1 is 1.26 bits per heavy atom. The number of halogens is 2. The normalized spacial score (nSPS) is 20.0. The zero-order valence-electron chi connectivity index (χ0n) is 16.9. The van der Waals surface area contributed by atoms with Gasteiger partial charge in [0.1, 0.15) is 11.8 Å². The second-order valence-corrected chi connectivity index (χ2v) is 9.09. The van der Waals surface area contributed by atoms with Crippen molar-refractivity contribution in [3.63, 3.8) is 0 Å². The topological polar surface area (TPSA) is 103 Å². The maximum atomic E-state index is 14.8. The number of cyclic esters (lactones) is 1. The molecule has 1 aromatic carbocycles. The summed E-state index contributed by atoms with van der Waals surface area (Å²) in [5.41, 5.74) is -0.238. The highest BCUT2D eigenvalue weighted by Gasteiger charge is 2.34. The number of anilines is 2. The summed E-state index contributed by atoms with van der Waals surface area (Å²) in [4.78, 5) is 14.7. The van der Waals surface area contributed by atoms with Gasteiger partial charge in [0.15, 0.2) is 11.6 Å². The van der Waals surface area contributed by atoms with E-state index in [4.69, 9.17) is 21.7 Å². The van der Waals surface area contributed by atoms with Crippen molar-refractivity contribution in [2.75, 3.05) is 63.2 Å². The van der Waals surface area contributed by atoms with Gasteiger partial charge >= 0.3 is 6.09 Å². The molecule has 2 fully saturated rings. The van der Waals surface area contributed by atoms with Crippen molar-refractivity contribution >= 4 is 45.1 Å².